The average Bonchev–Trinajstić information content (AvgIpc) is 2.33. The van der Waals surface area contributed by atoms with Crippen LogP contribution in [0.5, 0.6) is 0 Å². The Morgan fingerprint density at radius 2 is 1.88 bits per heavy atom. The first-order valence-corrected chi connectivity index (χ1v) is 5.19. The molecule has 0 aliphatic carbocycles. The monoisotopic (exact) mass is 213 g/mol. The molecule has 2 rings (SSSR count). The lowest BCUT2D eigenvalue weighted by atomic mass is 10.2. The first-order chi connectivity index (χ1) is 7.68. The van der Waals surface area contributed by atoms with Crippen molar-refractivity contribution < 1.29 is 0 Å². The number of benzene rings is 1. The lowest BCUT2D eigenvalue weighted by Gasteiger charge is -2.18. The Morgan fingerprint density at radius 3 is 2.50 bits per heavy atom. The van der Waals surface area contributed by atoms with Crippen molar-refractivity contribution in [2.45, 2.75) is 6.92 Å². The Morgan fingerprint density at radius 1 is 1.19 bits per heavy atom. The molecule has 82 valence electrons. The highest BCUT2D eigenvalue weighted by atomic mass is 15.2. The fourth-order valence-corrected chi connectivity index (χ4v) is 1.52. The third-order valence-electron chi connectivity index (χ3n) is 2.62. The van der Waals surface area contributed by atoms with E-state index in [0.717, 1.165) is 22.8 Å². The van der Waals surface area contributed by atoms with Gasteiger partial charge >= 0.3 is 0 Å². The van der Waals surface area contributed by atoms with Crippen LogP contribution in [0.1, 0.15) is 5.56 Å². The van der Waals surface area contributed by atoms with E-state index in [1.807, 2.05) is 55.3 Å². The van der Waals surface area contributed by atoms with Gasteiger partial charge in [0.25, 0.3) is 0 Å². The number of nitrogens with two attached hydrogens (primary N) is 1. The van der Waals surface area contributed by atoms with Gasteiger partial charge in [0, 0.05) is 12.7 Å². The largest absolute Gasteiger partial charge is 0.397 e. The van der Waals surface area contributed by atoms with Gasteiger partial charge < -0.3 is 10.6 Å². The maximum absolute atomic E-state index is 5.75. The molecule has 0 amide bonds. The molecule has 1 aromatic carbocycles. The van der Waals surface area contributed by atoms with Crippen molar-refractivity contribution in [3.8, 4) is 0 Å². The molecule has 0 aliphatic rings. The summed E-state index contributed by atoms with van der Waals surface area (Å²) in [4.78, 5) is 6.35. The molecule has 1 aromatic heterocycles. The van der Waals surface area contributed by atoms with E-state index in [1.165, 1.54) is 0 Å². The number of nitrogens with zero attached hydrogens (tertiary/aromatic N) is 2. The molecule has 0 saturated heterocycles. The van der Waals surface area contributed by atoms with Gasteiger partial charge in [-0.25, -0.2) is 4.98 Å². The van der Waals surface area contributed by atoms with Gasteiger partial charge in [0.15, 0.2) is 0 Å². The fraction of sp³-hybridized carbons (Fsp3) is 0.154. The summed E-state index contributed by atoms with van der Waals surface area (Å²) in [6.07, 6.45) is 1.70. The first kappa shape index (κ1) is 10.5. The zero-order valence-corrected chi connectivity index (χ0v) is 9.51. The molecule has 16 heavy (non-hydrogen) atoms. The van der Waals surface area contributed by atoms with E-state index in [9.17, 15) is 0 Å². The number of hydrogen-bond acceptors (Lipinski definition) is 3. The quantitative estimate of drug-likeness (QED) is 0.834. The van der Waals surface area contributed by atoms with Crippen LogP contribution < -0.4 is 10.6 Å². The van der Waals surface area contributed by atoms with Gasteiger partial charge in [0.1, 0.15) is 5.82 Å². The summed E-state index contributed by atoms with van der Waals surface area (Å²) in [5, 5.41) is 0. The van der Waals surface area contributed by atoms with E-state index >= 15 is 0 Å². The van der Waals surface area contributed by atoms with Crippen molar-refractivity contribution in [2.75, 3.05) is 17.7 Å². The second-order valence-electron chi connectivity index (χ2n) is 3.79. The Labute approximate surface area is 95.5 Å². The summed E-state index contributed by atoms with van der Waals surface area (Å²) < 4.78 is 0. The van der Waals surface area contributed by atoms with Gasteiger partial charge in [-0.05, 0) is 30.7 Å². The third-order valence-corrected chi connectivity index (χ3v) is 2.62. The third kappa shape index (κ3) is 1.98. The average molecular weight is 213 g/mol. The standard InChI is InChI=1S/C13H15N3/c1-10-8-13(15-9-12(10)14)16(2)11-6-4-3-5-7-11/h3-9H,14H2,1-2H3. The topological polar surface area (TPSA) is 42.2 Å². The van der Waals surface area contributed by atoms with Crippen LogP contribution >= 0.6 is 0 Å². The van der Waals surface area contributed by atoms with Crippen molar-refractivity contribution in [3.05, 3.63) is 48.2 Å². The minimum atomic E-state index is 0.727. The smallest absolute Gasteiger partial charge is 0.133 e. The number of rotatable bonds is 2. The molecule has 0 fully saturated rings. The van der Waals surface area contributed by atoms with Crippen molar-refractivity contribution in [3.63, 3.8) is 0 Å². The lowest BCUT2D eigenvalue weighted by Crippen LogP contribution is -2.11. The van der Waals surface area contributed by atoms with Crippen molar-refractivity contribution in [1.29, 1.82) is 0 Å². The summed E-state index contributed by atoms with van der Waals surface area (Å²) in [7, 11) is 1.99. The number of pyridine rings is 1. The van der Waals surface area contributed by atoms with Gasteiger partial charge in [0.2, 0.25) is 0 Å². The maximum Gasteiger partial charge on any atom is 0.133 e. The molecule has 0 spiro atoms. The molecule has 0 bridgehead atoms. The van der Waals surface area contributed by atoms with Gasteiger partial charge in [-0.2, -0.15) is 0 Å². The molecule has 2 aromatic rings. The summed E-state index contributed by atoms with van der Waals surface area (Å²) in [5.74, 6) is 0.901. The molecule has 3 nitrogen and oxygen atoms in total. The molecular weight excluding hydrogens is 198 g/mol. The van der Waals surface area contributed by atoms with Crippen LogP contribution in [-0.2, 0) is 0 Å². The Bertz CT molecular complexity index is 480. The van der Waals surface area contributed by atoms with Crippen LogP contribution in [0.2, 0.25) is 0 Å². The van der Waals surface area contributed by atoms with Gasteiger partial charge in [0.05, 0.1) is 11.9 Å². The van der Waals surface area contributed by atoms with Gasteiger partial charge in [-0.3, -0.25) is 0 Å². The van der Waals surface area contributed by atoms with Crippen molar-refractivity contribution in [2.24, 2.45) is 0 Å². The minimum Gasteiger partial charge on any atom is -0.397 e. The van der Waals surface area contributed by atoms with Crippen molar-refractivity contribution >= 4 is 17.2 Å². The Kier molecular flexibility index (Phi) is 2.77. The number of aryl methyl sites for hydroxylation is 1. The Balaban J connectivity index is 2.34. The molecule has 0 atom stereocenters. The van der Waals surface area contributed by atoms with Crippen LogP contribution in [0.15, 0.2) is 42.6 Å². The normalized spacial score (nSPS) is 10.1. The highest BCUT2D eigenvalue weighted by Gasteiger charge is 2.05. The number of nitrogen functional groups attached to an aromatic ring is 1. The second-order valence-corrected chi connectivity index (χ2v) is 3.79. The van der Waals surface area contributed by atoms with Crippen molar-refractivity contribution in [1.82, 2.24) is 4.98 Å². The van der Waals surface area contributed by atoms with E-state index in [0.29, 0.717) is 0 Å². The highest BCUT2D eigenvalue weighted by molar-refractivity contribution is 5.61. The molecule has 0 aliphatic heterocycles. The van der Waals surface area contributed by atoms with Crippen LogP contribution in [0.25, 0.3) is 0 Å². The maximum atomic E-state index is 5.75. The van der Waals surface area contributed by atoms with Crippen LogP contribution in [0.3, 0.4) is 0 Å². The molecule has 0 radical (unpaired) electrons. The van der Waals surface area contributed by atoms with E-state index in [-0.39, 0.29) is 0 Å². The summed E-state index contributed by atoms with van der Waals surface area (Å²) in [6, 6.07) is 12.1. The number of anilines is 3. The number of aromatic nitrogens is 1. The highest BCUT2D eigenvalue weighted by Crippen LogP contribution is 2.23. The van der Waals surface area contributed by atoms with Crippen LogP contribution in [0.4, 0.5) is 17.2 Å². The summed E-state index contributed by atoms with van der Waals surface area (Å²) in [5.41, 5.74) is 8.63. The molecular formula is C13H15N3. The van der Waals surface area contributed by atoms with Crippen LogP contribution in [-0.4, -0.2) is 12.0 Å². The summed E-state index contributed by atoms with van der Waals surface area (Å²) in [6.45, 7) is 1.99. The van der Waals surface area contributed by atoms with E-state index in [1.54, 1.807) is 6.20 Å². The van der Waals surface area contributed by atoms with Gasteiger partial charge in [-0.15, -0.1) is 0 Å². The zero-order chi connectivity index (χ0) is 11.5. The van der Waals surface area contributed by atoms with Crippen LogP contribution in [0, 0.1) is 6.92 Å². The molecule has 1 heterocycles. The molecule has 0 unspecified atom stereocenters. The van der Waals surface area contributed by atoms with E-state index < -0.39 is 0 Å². The lowest BCUT2D eigenvalue weighted by molar-refractivity contribution is 1.12. The van der Waals surface area contributed by atoms with E-state index in [4.69, 9.17) is 5.73 Å². The predicted octanol–water partition coefficient (Wildman–Crippen LogP) is 2.74. The number of hydrogen-bond donors (Lipinski definition) is 1. The SMILES string of the molecule is Cc1cc(N(C)c2ccccc2)ncc1N. The molecule has 3 heteroatoms. The zero-order valence-electron chi connectivity index (χ0n) is 9.51. The van der Waals surface area contributed by atoms with Gasteiger partial charge in [-0.1, -0.05) is 18.2 Å². The van der Waals surface area contributed by atoms with E-state index in [2.05, 4.69) is 4.98 Å². The first-order valence-electron chi connectivity index (χ1n) is 5.19. The Hall–Kier alpha value is -2.03. The summed E-state index contributed by atoms with van der Waals surface area (Å²) >= 11 is 0. The fourth-order valence-electron chi connectivity index (χ4n) is 1.52. The molecule has 2 N–H and O–H groups in total. The number of para-hydroxylation sites is 1. The predicted molar refractivity (Wildman–Crippen MR) is 67.9 cm³/mol. The molecule has 0 saturated carbocycles. The minimum absolute atomic E-state index is 0.727. The second kappa shape index (κ2) is 4.23.